The quantitative estimate of drug-likeness (QED) is 0.659. The maximum atomic E-state index is 12.7. The van der Waals surface area contributed by atoms with E-state index in [1.165, 1.54) is 10.7 Å². The minimum absolute atomic E-state index is 0.0562. The van der Waals surface area contributed by atoms with Gasteiger partial charge in [-0.15, -0.1) is 0 Å². The maximum Gasteiger partial charge on any atom is 0.345 e. The molecule has 0 aliphatic heterocycles. The van der Waals surface area contributed by atoms with Gasteiger partial charge in [0.25, 0.3) is 5.56 Å². The Hall–Kier alpha value is -2.60. The minimum Gasteiger partial charge on any atom is -0.462 e. The highest BCUT2D eigenvalue weighted by molar-refractivity contribution is 6.30. The molecule has 2 aromatic heterocycles. The Kier molecular flexibility index (Phi) is 4.74. The van der Waals surface area contributed by atoms with Gasteiger partial charge in [0, 0.05) is 28.4 Å². The number of ether oxygens (including phenoxy) is 1. The van der Waals surface area contributed by atoms with Gasteiger partial charge in [0.05, 0.1) is 6.61 Å². The lowest BCUT2D eigenvalue weighted by atomic mass is 10.0. The van der Waals surface area contributed by atoms with Gasteiger partial charge in [-0.1, -0.05) is 23.7 Å². The van der Waals surface area contributed by atoms with Crippen LogP contribution in [-0.2, 0) is 17.6 Å². The molecular weight excluding hydrogens is 366 g/mol. The third kappa shape index (κ3) is 3.49. The van der Waals surface area contributed by atoms with Crippen LogP contribution in [0.2, 0.25) is 5.02 Å². The first-order valence-corrected chi connectivity index (χ1v) is 9.50. The first-order valence-electron chi connectivity index (χ1n) is 9.12. The molecule has 0 spiro atoms. The van der Waals surface area contributed by atoms with Crippen LogP contribution in [-0.4, -0.2) is 27.2 Å². The molecule has 0 saturated heterocycles. The van der Waals surface area contributed by atoms with Crippen LogP contribution < -0.4 is 5.56 Å². The Morgan fingerprint density at radius 1 is 1.37 bits per heavy atom. The van der Waals surface area contributed by atoms with E-state index in [2.05, 4.69) is 10.1 Å². The lowest BCUT2D eigenvalue weighted by Gasteiger charge is -2.04. The van der Waals surface area contributed by atoms with Gasteiger partial charge >= 0.3 is 5.97 Å². The summed E-state index contributed by atoms with van der Waals surface area (Å²) < 4.78 is 6.33. The van der Waals surface area contributed by atoms with Gasteiger partial charge in [-0.25, -0.2) is 14.3 Å². The van der Waals surface area contributed by atoms with Gasteiger partial charge in [-0.2, -0.15) is 0 Å². The maximum absolute atomic E-state index is 12.7. The predicted molar refractivity (Wildman–Crippen MR) is 103 cm³/mol. The van der Waals surface area contributed by atoms with Crippen molar-refractivity contribution in [3.63, 3.8) is 0 Å². The van der Waals surface area contributed by atoms with Gasteiger partial charge in [0.1, 0.15) is 5.56 Å². The molecule has 7 heteroatoms. The molecule has 0 bridgehead atoms. The topological polar surface area (TPSA) is 76.5 Å². The first kappa shape index (κ1) is 17.8. The van der Waals surface area contributed by atoms with E-state index in [4.69, 9.17) is 16.3 Å². The number of nitrogens with zero attached hydrogens (tertiary/aromatic N) is 2. The number of hydrogen-bond donors (Lipinski definition) is 1. The van der Waals surface area contributed by atoms with Crippen LogP contribution in [0.15, 0.2) is 35.3 Å². The molecule has 1 aliphatic rings. The minimum atomic E-state index is -0.646. The smallest absolute Gasteiger partial charge is 0.345 e. The highest BCUT2D eigenvalue weighted by atomic mass is 35.5. The molecule has 2 heterocycles. The number of halogens is 1. The molecule has 0 radical (unpaired) electrons. The average molecular weight is 386 g/mol. The lowest BCUT2D eigenvalue weighted by Crippen LogP contribution is -2.24. The van der Waals surface area contributed by atoms with E-state index in [0.717, 1.165) is 42.5 Å². The van der Waals surface area contributed by atoms with E-state index in [0.29, 0.717) is 16.6 Å². The SMILES string of the molecule is CCOC(=O)c1cnc2c(CCc3cccc(Cl)c3)c(C3CC3)[nH]n2c1=O. The molecule has 27 heavy (non-hydrogen) atoms. The third-order valence-electron chi connectivity index (χ3n) is 4.82. The molecule has 1 aromatic carbocycles. The van der Waals surface area contributed by atoms with Crippen LogP contribution in [0.25, 0.3) is 5.65 Å². The van der Waals surface area contributed by atoms with Crippen molar-refractivity contribution in [2.75, 3.05) is 6.61 Å². The number of H-pyrrole nitrogens is 1. The number of fused-ring (bicyclic) bond motifs is 1. The number of rotatable bonds is 6. The Bertz CT molecular complexity index is 1070. The largest absolute Gasteiger partial charge is 0.462 e. The van der Waals surface area contributed by atoms with Crippen molar-refractivity contribution in [3.8, 4) is 0 Å². The summed E-state index contributed by atoms with van der Waals surface area (Å²) in [7, 11) is 0. The summed E-state index contributed by atoms with van der Waals surface area (Å²) in [5, 5.41) is 3.90. The molecule has 0 unspecified atom stereocenters. The van der Waals surface area contributed by atoms with E-state index in [1.54, 1.807) is 6.92 Å². The zero-order valence-electron chi connectivity index (χ0n) is 15.0. The standard InChI is InChI=1S/C20H20ClN3O3/c1-2-27-20(26)16-11-22-18-15(9-6-12-4-3-5-14(21)10-12)17(13-7-8-13)23-24(18)19(16)25/h3-5,10-11,13,23H,2,6-9H2,1H3. The predicted octanol–water partition coefficient (Wildman–Crippen LogP) is 3.52. The molecule has 1 fully saturated rings. The Balaban J connectivity index is 1.73. The normalized spacial score (nSPS) is 13.9. The van der Waals surface area contributed by atoms with Gasteiger partial charge in [-0.3, -0.25) is 9.89 Å². The molecule has 0 amide bonds. The number of nitrogens with one attached hydrogen (secondary N) is 1. The monoisotopic (exact) mass is 385 g/mol. The molecule has 1 aliphatic carbocycles. The molecule has 1 saturated carbocycles. The van der Waals surface area contributed by atoms with Crippen molar-refractivity contribution in [2.45, 2.75) is 38.5 Å². The van der Waals surface area contributed by atoms with Crippen LogP contribution in [0.4, 0.5) is 0 Å². The second-order valence-electron chi connectivity index (χ2n) is 6.76. The number of aryl methyl sites for hydroxylation is 2. The second-order valence-corrected chi connectivity index (χ2v) is 7.20. The van der Waals surface area contributed by atoms with E-state index < -0.39 is 11.5 Å². The zero-order chi connectivity index (χ0) is 19.0. The lowest BCUT2D eigenvalue weighted by molar-refractivity contribution is 0.0523. The first-order chi connectivity index (χ1) is 13.1. The van der Waals surface area contributed by atoms with Crippen molar-refractivity contribution in [1.82, 2.24) is 14.6 Å². The summed E-state index contributed by atoms with van der Waals surface area (Å²) in [6.45, 7) is 1.92. The van der Waals surface area contributed by atoms with Crippen LogP contribution in [0.1, 0.15) is 52.9 Å². The van der Waals surface area contributed by atoms with Crippen LogP contribution in [0, 0.1) is 0 Å². The third-order valence-corrected chi connectivity index (χ3v) is 5.06. The highest BCUT2D eigenvalue weighted by Crippen LogP contribution is 2.41. The van der Waals surface area contributed by atoms with Crippen molar-refractivity contribution in [2.24, 2.45) is 0 Å². The van der Waals surface area contributed by atoms with Gasteiger partial charge in [0.2, 0.25) is 0 Å². The van der Waals surface area contributed by atoms with Gasteiger partial charge in [0.15, 0.2) is 5.65 Å². The van der Waals surface area contributed by atoms with Crippen molar-refractivity contribution in [3.05, 3.63) is 68.2 Å². The summed E-state index contributed by atoms with van der Waals surface area (Å²) >= 11 is 6.08. The molecule has 1 N–H and O–H groups in total. The molecule has 4 rings (SSSR count). The summed E-state index contributed by atoms with van der Waals surface area (Å²) in [6, 6.07) is 7.77. The number of aromatic amines is 1. The Morgan fingerprint density at radius 2 is 2.19 bits per heavy atom. The van der Waals surface area contributed by atoms with Crippen molar-refractivity contribution in [1.29, 1.82) is 0 Å². The number of carbonyl (C=O) groups is 1. The van der Waals surface area contributed by atoms with Gasteiger partial charge in [-0.05, 0) is 50.3 Å². The zero-order valence-corrected chi connectivity index (χ0v) is 15.8. The molecule has 6 nitrogen and oxygen atoms in total. The molecule has 0 atom stereocenters. The molecule has 3 aromatic rings. The van der Waals surface area contributed by atoms with E-state index in [1.807, 2.05) is 24.3 Å². The summed E-state index contributed by atoms with van der Waals surface area (Å²) in [5.41, 5.74) is 3.31. The van der Waals surface area contributed by atoms with E-state index in [9.17, 15) is 9.59 Å². The number of benzene rings is 1. The fourth-order valence-corrected chi connectivity index (χ4v) is 3.56. The highest BCUT2D eigenvalue weighted by Gasteiger charge is 2.30. The van der Waals surface area contributed by atoms with Crippen molar-refractivity contribution >= 4 is 23.2 Å². The number of aromatic nitrogens is 3. The second kappa shape index (κ2) is 7.19. The van der Waals surface area contributed by atoms with Crippen LogP contribution in [0.3, 0.4) is 0 Å². The fourth-order valence-electron chi connectivity index (χ4n) is 3.35. The Morgan fingerprint density at radius 3 is 2.89 bits per heavy atom. The number of hydrogen-bond acceptors (Lipinski definition) is 4. The van der Waals surface area contributed by atoms with E-state index in [-0.39, 0.29) is 12.2 Å². The summed E-state index contributed by atoms with van der Waals surface area (Å²) in [5.74, 6) is -0.223. The molecule has 140 valence electrons. The number of esters is 1. The van der Waals surface area contributed by atoms with Gasteiger partial charge < -0.3 is 4.74 Å². The summed E-state index contributed by atoms with van der Waals surface area (Å²) in [6.07, 6.45) is 5.05. The summed E-state index contributed by atoms with van der Waals surface area (Å²) in [4.78, 5) is 29.1. The van der Waals surface area contributed by atoms with Crippen LogP contribution >= 0.6 is 11.6 Å². The van der Waals surface area contributed by atoms with E-state index >= 15 is 0 Å². The fraction of sp³-hybridized carbons (Fsp3) is 0.350. The van der Waals surface area contributed by atoms with Crippen LogP contribution in [0.5, 0.6) is 0 Å². The average Bonchev–Trinajstić information content (AvgIpc) is 3.42. The molecular formula is C20H20ClN3O3. The number of carbonyl (C=O) groups excluding carboxylic acids is 1. The van der Waals surface area contributed by atoms with Crippen molar-refractivity contribution < 1.29 is 9.53 Å². The Labute approximate surface area is 161 Å².